The molecule has 3 amide bonds. The van der Waals surface area contributed by atoms with Crippen LogP contribution in [0.1, 0.15) is 6.42 Å². The van der Waals surface area contributed by atoms with Crippen molar-refractivity contribution in [2.45, 2.75) is 6.42 Å². The largest absolute Gasteiger partial charge is 0.471 e. The summed E-state index contributed by atoms with van der Waals surface area (Å²) in [5.74, 6) is -1.31. The number of amides is 3. The molecular formula is C10H15N2O7P. The summed E-state index contributed by atoms with van der Waals surface area (Å²) in [6.07, 6.45) is 2.22. The van der Waals surface area contributed by atoms with Crippen molar-refractivity contribution in [3.05, 3.63) is 12.2 Å². The van der Waals surface area contributed by atoms with Gasteiger partial charge in [0.05, 0.1) is 6.61 Å². The van der Waals surface area contributed by atoms with Crippen molar-refractivity contribution < 1.29 is 32.9 Å². The minimum atomic E-state index is -4.04. The Morgan fingerprint density at radius 2 is 2.00 bits per heavy atom. The Morgan fingerprint density at radius 3 is 2.55 bits per heavy atom. The standard InChI is InChI=1S/C10H15N2O7P/c1-18-20(16,17)19-7-5-11-8(13)4-6-12-9(14)2-3-10(12)15/h2-3H,4-7H2,1H3,(H,11,13)(H,16,17). The monoisotopic (exact) mass is 306 g/mol. The maximum absolute atomic E-state index is 11.4. The fraction of sp³-hybridized carbons (Fsp3) is 0.500. The number of phosphoric ester groups is 1. The number of hydrogen-bond donors (Lipinski definition) is 2. The van der Waals surface area contributed by atoms with E-state index in [1.54, 1.807) is 0 Å². The highest BCUT2D eigenvalue weighted by Crippen LogP contribution is 2.41. The number of imide groups is 1. The Bertz CT molecular complexity index is 458. The van der Waals surface area contributed by atoms with E-state index in [0.29, 0.717) is 0 Å². The molecule has 0 bridgehead atoms. The summed E-state index contributed by atoms with van der Waals surface area (Å²) < 4.78 is 19.6. The Kier molecular flexibility index (Phi) is 6.03. The summed E-state index contributed by atoms with van der Waals surface area (Å²) in [6.45, 7) is -0.211. The Labute approximate surface area is 115 Å². The van der Waals surface area contributed by atoms with Crippen molar-refractivity contribution >= 4 is 25.5 Å². The third-order valence-corrected chi connectivity index (χ3v) is 3.34. The number of carbonyl (C=O) groups excluding carboxylic acids is 3. The predicted octanol–water partition coefficient (Wildman–Crippen LogP) is -0.819. The van der Waals surface area contributed by atoms with Crippen LogP contribution in [0.15, 0.2) is 12.2 Å². The first-order chi connectivity index (χ1) is 9.35. The molecule has 10 heteroatoms. The molecule has 1 unspecified atom stereocenters. The Hall–Kier alpha value is -1.54. The molecule has 20 heavy (non-hydrogen) atoms. The molecule has 0 spiro atoms. The SMILES string of the molecule is COP(=O)(O)OCCNC(=O)CCN1C(=O)C=CC1=O. The summed E-state index contributed by atoms with van der Waals surface area (Å²) in [4.78, 5) is 43.6. The fourth-order valence-corrected chi connectivity index (χ4v) is 1.78. The molecule has 1 aliphatic heterocycles. The van der Waals surface area contributed by atoms with Gasteiger partial charge in [0.2, 0.25) is 5.91 Å². The highest BCUT2D eigenvalue weighted by molar-refractivity contribution is 7.47. The van der Waals surface area contributed by atoms with Crippen LogP contribution in [0.2, 0.25) is 0 Å². The minimum Gasteiger partial charge on any atom is -0.354 e. The normalized spacial score (nSPS) is 17.4. The van der Waals surface area contributed by atoms with Gasteiger partial charge < -0.3 is 10.2 Å². The lowest BCUT2D eigenvalue weighted by Crippen LogP contribution is -2.35. The minimum absolute atomic E-state index is 0.00683. The van der Waals surface area contributed by atoms with E-state index in [0.717, 1.165) is 24.2 Å². The van der Waals surface area contributed by atoms with Gasteiger partial charge in [-0.3, -0.25) is 28.3 Å². The van der Waals surface area contributed by atoms with Crippen molar-refractivity contribution in [3.63, 3.8) is 0 Å². The van der Waals surface area contributed by atoms with Gasteiger partial charge in [-0.1, -0.05) is 0 Å². The van der Waals surface area contributed by atoms with E-state index in [1.165, 1.54) is 0 Å². The topological polar surface area (TPSA) is 122 Å². The summed E-state index contributed by atoms with van der Waals surface area (Å²) in [6, 6.07) is 0. The molecule has 0 aromatic carbocycles. The maximum Gasteiger partial charge on any atom is 0.471 e. The lowest BCUT2D eigenvalue weighted by Gasteiger charge is -2.13. The van der Waals surface area contributed by atoms with Crippen LogP contribution in [0, 0.1) is 0 Å². The molecule has 0 aromatic heterocycles. The highest BCUT2D eigenvalue weighted by atomic mass is 31.2. The molecule has 1 rings (SSSR count). The van der Waals surface area contributed by atoms with Crippen LogP contribution < -0.4 is 5.32 Å². The molecule has 112 valence electrons. The van der Waals surface area contributed by atoms with E-state index >= 15 is 0 Å². The van der Waals surface area contributed by atoms with Gasteiger partial charge >= 0.3 is 7.82 Å². The van der Waals surface area contributed by atoms with E-state index in [1.807, 2.05) is 0 Å². The molecule has 0 saturated carbocycles. The van der Waals surface area contributed by atoms with Gasteiger partial charge in [0, 0.05) is 38.8 Å². The molecule has 0 radical (unpaired) electrons. The van der Waals surface area contributed by atoms with Crippen LogP contribution in [-0.4, -0.2) is 54.3 Å². The first kappa shape index (κ1) is 16.5. The molecule has 0 aliphatic carbocycles. The zero-order chi connectivity index (χ0) is 15.2. The van der Waals surface area contributed by atoms with Gasteiger partial charge in [0.25, 0.3) is 11.8 Å². The summed E-state index contributed by atoms with van der Waals surface area (Å²) in [5, 5.41) is 2.41. The van der Waals surface area contributed by atoms with Crippen molar-refractivity contribution in [3.8, 4) is 0 Å². The molecular weight excluding hydrogens is 291 g/mol. The quantitative estimate of drug-likeness (QED) is 0.341. The molecule has 1 aliphatic rings. The van der Waals surface area contributed by atoms with Gasteiger partial charge in [-0.05, 0) is 0 Å². The molecule has 1 heterocycles. The predicted molar refractivity (Wildman–Crippen MR) is 66.3 cm³/mol. The van der Waals surface area contributed by atoms with Gasteiger partial charge in [0.15, 0.2) is 0 Å². The average Bonchev–Trinajstić information content (AvgIpc) is 2.72. The number of hydrogen-bond acceptors (Lipinski definition) is 6. The van der Waals surface area contributed by atoms with E-state index in [-0.39, 0.29) is 26.1 Å². The lowest BCUT2D eigenvalue weighted by atomic mass is 10.3. The first-order valence-electron chi connectivity index (χ1n) is 5.69. The summed E-state index contributed by atoms with van der Waals surface area (Å²) in [5.41, 5.74) is 0. The average molecular weight is 306 g/mol. The second-order valence-corrected chi connectivity index (χ2v) is 5.31. The maximum atomic E-state index is 11.4. The molecule has 9 nitrogen and oxygen atoms in total. The van der Waals surface area contributed by atoms with Gasteiger partial charge in [-0.2, -0.15) is 0 Å². The molecule has 1 atom stereocenters. The smallest absolute Gasteiger partial charge is 0.354 e. The van der Waals surface area contributed by atoms with E-state index in [2.05, 4.69) is 14.4 Å². The van der Waals surface area contributed by atoms with E-state index in [9.17, 15) is 18.9 Å². The van der Waals surface area contributed by atoms with Crippen LogP contribution in [0.3, 0.4) is 0 Å². The number of carbonyl (C=O) groups is 3. The lowest BCUT2D eigenvalue weighted by molar-refractivity contribution is -0.137. The number of nitrogens with zero attached hydrogens (tertiary/aromatic N) is 1. The Balaban J connectivity index is 2.17. The van der Waals surface area contributed by atoms with E-state index < -0.39 is 25.5 Å². The molecule has 0 aromatic rings. The van der Waals surface area contributed by atoms with Crippen molar-refractivity contribution in [2.75, 3.05) is 26.8 Å². The Morgan fingerprint density at radius 1 is 1.40 bits per heavy atom. The van der Waals surface area contributed by atoms with Crippen LogP contribution in [0.5, 0.6) is 0 Å². The third-order valence-electron chi connectivity index (χ3n) is 2.37. The molecule has 0 saturated heterocycles. The van der Waals surface area contributed by atoms with Crippen LogP contribution in [0.25, 0.3) is 0 Å². The van der Waals surface area contributed by atoms with Crippen molar-refractivity contribution in [1.82, 2.24) is 10.2 Å². The van der Waals surface area contributed by atoms with Gasteiger partial charge in [-0.15, -0.1) is 0 Å². The summed E-state index contributed by atoms with van der Waals surface area (Å²) >= 11 is 0. The third kappa shape index (κ3) is 5.22. The first-order valence-corrected chi connectivity index (χ1v) is 7.18. The number of phosphoric acid groups is 1. The second-order valence-electron chi connectivity index (χ2n) is 3.75. The second kappa shape index (κ2) is 7.30. The van der Waals surface area contributed by atoms with Gasteiger partial charge in [0.1, 0.15) is 0 Å². The summed E-state index contributed by atoms with van der Waals surface area (Å²) in [7, 11) is -3.01. The van der Waals surface area contributed by atoms with Crippen LogP contribution in [0.4, 0.5) is 0 Å². The number of rotatable bonds is 8. The van der Waals surface area contributed by atoms with E-state index in [4.69, 9.17) is 4.89 Å². The highest BCUT2D eigenvalue weighted by Gasteiger charge is 2.23. The molecule has 2 N–H and O–H groups in total. The van der Waals surface area contributed by atoms with Crippen LogP contribution in [-0.2, 0) is 28.0 Å². The molecule has 0 fully saturated rings. The number of nitrogens with one attached hydrogen (secondary N) is 1. The van der Waals surface area contributed by atoms with Gasteiger partial charge in [-0.25, -0.2) is 4.57 Å². The van der Waals surface area contributed by atoms with Crippen molar-refractivity contribution in [1.29, 1.82) is 0 Å². The van der Waals surface area contributed by atoms with Crippen molar-refractivity contribution in [2.24, 2.45) is 0 Å². The van der Waals surface area contributed by atoms with Crippen LogP contribution >= 0.6 is 7.82 Å². The zero-order valence-electron chi connectivity index (χ0n) is 10.8. The fourth-order valence-electron chi connectivity index (χ4n) is 1.36. The zero-order valence-corrected chi connectivity index (χ0v) is 11.7.